The zero-order chi connectivity index (χ0) is 19.4. The second-order valence-electron chi connectivity index (χ2n) is 9.78. The smallest absolute Gasteiger partial charge is 0.222 e. The molecule has 1 saturated heterocycles. The Labute approximate surface area is 164 Å². The van der Waals surface area contributed by atoms with Crippen molar-refractivity contribution in [3.8, 4) is 0 Å². The van der Waals surface area contributed by atoms with Gasteiger partial charge in [-0.25, -0.2) is 0 Å². The average molecular weight is 366 g/mol. The van der Waals surface area contributed by atoms with Crippen LogP contribution in [0.15, 0.2) is 0 Å². The summed E-state index contributed by atoms with van der Waals surface area (Å²) in [7, 11) is 0. The number of carbonyl (C=O) groups excluding carboxylic acids is 1. The molecular weight excluding hydrogens is 318 g/mol. The minimum absolute atomic E-state index is 0.379. The molecule has 0 aliphatic carbocycles. The molecule has 0 aromatic rings. The number of amides is 1. The van der Waals surface area contributed by atoms with Gasteiger partial charge in [-0.3, -0.25) is 4.79 Å². The summed E-state index contributed by atoms with van der Waals surface area (Å²) in [6, 6.07) is 0. The molecule has 0 aromatic heterocycles. The Kier molecular flexibility index (Phi) is 12.3. The predicted octanol–water partition coefficient (Wildman–Crippen LogP) is 7.07. The molecule has 3 unspecified atom stereocenters. The Morgan fingerprint density at radius 3 is 1.62 bits per heavy atom. The maximum Gasteiger partial charge on any atom is 0.222 e. The Morgan fingerprint density at radius 1 is 0.731 bits per heavy atom. The molecule has 0 radical (unpaired) electrons. The summed E-state index contributed by atoms with van der Waals surface area (Å²) >= 11 is 0. The number of carbonyl (C=O) groups is 1. The van der Waals surface area contributed by atoms with E-state index in [1.165, 1.54) is 64.2 Å². The topological polar surface area (TPSA) is 20.3 Å². The maximum absolute atomic E-state index is 11.7. The SMILES string of the molecule is CC(C)CCCC(C)CCCC(C)CCCC(C)CCN1CCCC1=O. The molecule has 26 heavy (non-hydrogen) atoms. The van der Waals surface area contributed by atoms with Crippen LogP contribution >= 0.6 is 0 Å². The van der Waals surface area contributed by atoms with Crippen LogP contribution in [-0.4, -0.2) is 23.9 Å². The van der Waals surface area contributed by atoms with Crippen LogP contribution in [0.3, 0.4) is 0 Å². The summed E-state index contributed by atoms with van der Waals surface area (Å²) in [6.45, 7) is 13.9. The Hall–Kier alpha value is -0.530. The van der Waals surface area contributed by atoms with Crippen LogP contribution in [0.2, 0.25) is 0 Å². The first-order chi connectivity index (χ1) is 12.4. The molecule has 0 saturated carbocycles. The van der Waals surface area contributed by atoms with Gasteiger partial charge >= 0.3 is 0 Å². The molecule has 1 rings (SSSR count). The third-order valence-corrected chi connectivity index (χ3v) is 6.33. The van der Waals surface area contributed by atoms with Gasteiger partial charge in [0.15, 0.2) is 0 Å². The number of likely N-dealkylation sites (tertiary alicyclic amines) is 1. The normalized spacial score (nSPS) is 18.5. The van der Waals surface area contributed by atoms with Gasteiger partial charge < -0.3 is 4.90 Å². The molecule has 2 nitrogen and oxygen atoms in total. The molecule has 0 bridgehead atoms. The fourth-order valence-electron chi connectivity index (χ4n) is 4.25. The van der Waals surface area contributed by atoms with Crippen molar-refractivity contribution < 1.29 is 4.79 Å². The number of nitrogens with zero attached hydrogens (tertiary/aromatic N) is 1. The lowest BCUT2D eigenvalue weighted by Gasteiger charge is -2.19. The van der Waals surface area contributed by atoms with Gasteiger partial charge in [-0.05, 0) is 36.5 Å². The predicted molar refractivity (Wildman–Crippen MR) is 114 cm³/mol. The summed E-state index contributed by atoms with van der Waals surface area (Å²) in [5, 5.41) is 0. The van der Waals surface area contributed by atoms with Crippen molar-refractivity contribution in [1.29, 1.82) is 0 Å². The van der Waals surface area contributed by atoms with Crippen molar-refractivity contribution in [1.82, 2.24) is 4.90 Å². The molecule has 0 spiro atoms. The second-order valence-corrected chi connectivity index (χ2v) is 9.78. The summed E-state index contributed by atoms with van der Waals surface area (Å²) in [6.07, 6.45) is 15.6. The fourth-order valence-corrected chi connectivity index (χ4v) is 4.25. The summed E-state index contributed by atoms with van der Waals surface area (Å²) in [4.78, 5) is 13.7. The van der Waals surface area contributed by atoms with E-state index in [0.29, 0.717) is 5.91 Å². The molecule has 1 aliphatic rings. The van der Waals surface area contributed by atoms with E-state index in [1.54, 1.807) is 0 Å². The molecule has 1 fully saturated rings. The number of rotatable bonds is 15. The fraction of sp³-hybridized carbons (Fsp3) is 0.958. The Morgan fingerprint density at radius 2 is 1.19 bits per heavy atom. The first kappa shape index (κ1) is 23.5. The van der Waals surface area contributed by atoms with Crippen LogP contribution < -0.4 is 0 Å². The number of hydrogen-bond donors (Lipinski definition) is 0. The largest absolute Gasteiger partial charge is 0.343 e. The van der Waals surface area contributed by atoms with E-state index in [2.05, 4.69) is 39.5 Å². The van der Waals surface area contributed by atoms with Crippen LogP contribution in [0.4, 0.5) is 0 Å². The quantitative estimate of drug-likeness (QED) is 0.304. The lowest BCUT2D eigenvalue weighted by Crippen LogP contribution is -2.26. The average Bonchev–Trinajstić information content (AvgIpc) is 2.97. The molecule has 0 aromatic carbocycles. The second kappa shape index (κ2) is 13.6. The van der Waals surface area contributed by atoms with Gasteiger partial charge in [-0.15, -0.1) is 0 Å². The lowest BCUT2D eigenvalue weighted by molar-refractivity contribution is -0.127. The third kappa shape index (κ3) is 11.2. The van der Waals surface area contributed by atoms with Gasteiger partial charge in [0.05, 0.1) is 0 Å². The minimum atomic E-state index is 0.379. The van der Waals surface area contributed by atoms with E-state index >= 15 is 0 Å². The standard InChI is InChI=1S/C24H47NO/c1-20(2)10-6-11-21(3)12-7-13-22(4)14-8-15-23(5)17-19-25-18-9-16-24(25)26/h20-23H,6-19H2,1-5H3. The van der Waals surface area contributed by atoms with Crippen molar-refractivity contribution in [2.24, 2.45) is 23.7 Å². The minimum Gasteiger partial charge on any atom is -0.343 e. The first-order valence-electron chi connectivity index (χ1n) is 11.7. The summed E-state index contributed by atoms with van der Waals surface area (Å²) < 4.78 is 0. The number of hydrogen-bond acceptors (Lipinski definition) is 1. The van der Waals surface area contributed by atoms with Gasteiger partial charge in [0.2, 0.25) is 5.91 Å². The Bertz CT molecular complexity index is 365. The zero-order valence-electron chi connectivity index (χ0n) is 18.6. The van der Waals surface area contributed by atoms with Gasteiger partial charge in [0, 0.05) is 19.5 Å². The summed E-state index contributed by atoms with van der Waals surface area (Å²) in [5.74, 6) is 3.79. The molecular formula is C24H47NO. The van der Waals surface area contributed by atoms with Crippen molar-refractivity contribution in [3.63, 3.8) is 0 Å². The lowest BCUT2D eigenvalue weighted by atomic mass is 9.91. The van der Waals surface area contributed by atoms with E-state index in [1.807, 2.05) is 0 Å². The first-order valence-corrected chi connectivity index (χ1v) is 11.7. The highest BCUT2D eigenvalue weighted by atomic mass is 16.2. The molecule has 0 N–H and O–H groups in total. The summed E-state index contributed by atoms with van der Waals surface area (Å²) in [5.41, 5.74) is 0. The van der Waals surface area contributed by atoms with Gasteiger partial charge in [-0.1, -0.05) is 92.4 Å². The van der Waals surface area contributed by atoms with Crippen molar-refractivity contribution in [2.45, 2.75) is 112 Å². The van der Waals surface area contributed by atoms with Gasteiger partial charge in [-0.2, -0.15) is 0 Å². The van der Waals surface area contributed by atoms with E-state index in [-0.39, 0.29) is 0 Å². The van der Waals surface area contributed by atoms with Gasteiger partial charge in [0.1, 0.15) is 0 Å². The third-order valence-electron chi connectivity index (χ3n) is 6.33. The van der Waals surface area contributed by atoms with Crippen LogP contribution in [0.5, 0.6) is 0 Å². The van der Waals surface area contributed by atoms with Crippen LogP contribution in [-0.2, 0) is 4.79 Å². The van der Waals surface area contributed by atoms with Crippen molar-refractivity contribution in [2.75, 3.05) is 13.1 Å². The van der Waals surface area contributed by atoms with E-state index < -0.39 is 0 Å². The monoisotopic (exact) mass is 365 g/mol. The highest BCUT2D eigenvalue weighted by Gasteiger charge is 2.20. The van der Waals surface area contributed by atoms with E-state index in [9.17, 15) is 4.79 Å². The van der Waals surface area contributed by atoms with Crippen molar-refractivity contribution >= 4 is 5.91 Å². The molecule has 2 heteroatoms. The molecule has 3 atom stereocenters. The van der Waals surface area contributed by atoms with Crippen molar-refractivity contribution in [3.05, 3.63) is 0 Å². The maximum atomic E-state index is 11.7. The molecule has 1 amide bonds. The highest BCUT2D eigenvalue weighted by molar-refractivity contribution is 5.77. The van der Waals surface area contributed by atoms with Crippen LogP contribution in [0.1, 0.15) is 112 Å². The Balaban J connectivity index is 1.97. The van der Waals surface area contributed by atoms with E-state index in [0.717, 1.165) is 49.6 Å². The highest BCUT2D eigenvalue weighted by Crippen LogP contribution is 2.23. The molecule has 1 heterocycles. The molecule has 1 aliphatic heterocycles. The van der Waals surface area contributed by atoms with Crippen LogP contribution in [0, 0.1) is 23.7 Å². The van der Waals surface area contributed by atoms with Gasteiger partial charge in [0.25, 0.3) is 0 Å². The van der Waals surface area contributed by atoms with E-state index in [4.69, 9.17) is 0 Å². The van der Waals surface area contributed by atoms with Crippen LogP contribution in [0.25, 0.3) is 0 Å². The zero-order valence-corrected chi connectivity index (χ0v) is 18.6. The molecule has 154 valence electrons.